The third-order valence-corrected chi connectivity index (χ3v) is 2.57. The number of ether oxygens (including phenoxy) is 1. The van der Waals surface area contributed by atoms with Crippen LogP contribution < -0.4 is 15.8 Å². The van der Waals surface area contributed by atoms with Gasteiger partial charge in [0.1, 0.15) is 11.9 Å². The molecule has 0 aliphatic carbocycles. The molecule has 2 unspecified atom stereocenters. The molecule has 1 aromatic carbocycles. The molecule has 0 radical (unpaired) electrons. The number of carbonyl (C=O) groups is 2. The van der Waals surface area contributed by atoms with Crippen molar-refractivity contribution in [3.8, 4) is 5.75 Å². The van der Waals surface area contributed by atoms with Crippen molar-refractivity contribution in [2.45, 2.75) is 12.2 Å². The Morgan fingerprint density at radius 2 is 2.17 bits per heavy atom. The van der Waals surface area contributed by atoms with Crippen LogP contribution in [0.5, 0.6) is 5.75 Å². The van der Waals surface area contributed by atoms with Gasteiger partial charge in [-0.15, -0.1) is 0 Å². The molecule has 2 rings (SSSR count). The number of nitrogens with two attached hydrogens (primary N) is 1. The number of amides is 2. The normalized spacial score (nSPS) is 17.1. The molecule has 18 heavy (non-hydrogen) atoms. The van der Waals surface area contributed by atoms with Gasteiger partial charge in [-0.25, -0.2) is 0 Å². The summed E-state index contributed by atoms with van der Waals surface area (Å²) >= 11 is 0. The third-order valence-electron chi connectivity index (χ3n) is 2.57. The zero-order chi connectivity index (χ0) is 13.3. The first-order valence-corrected chi connectivity index (χ1v) is 5.21. The summed E-state index contributed by atoms with van der Waals surface area (Å²) in [5.74, 6) is -0.885. The summed E-state index contributed by atoms with van der Waals surface area (Å²) < 4.78 is 5.13. The number of hydrogen-bond donors (Lipinski definition) is 4. The molecular formula is C11H12N2O5. The van der Waals surface area contributed by atoms with Crippen molar-refractivity contribution in [3.05, 3.63) is 23.8 Å². The summed E-state index contributed by atoms with van der Waals surface area (Å²) in [7, 11) is 0. The van der Waals surface area contributed by atoms with Crippen LogP contribution in [0.15, 0.2) is 18.2 Å². The molecule has 1 aromatic rings. The van der Waals surface area contributed by atoms with Gasteiger partial charge >= 0.3 is 0 Å². The van der Waals surface area contributed by atoms with Gasteiger partial charge in [-0.3, -0.25) is 9.59 Å². The predicted molar refractivity (Wildman–Crippen MR) is 60.7 cm³/mol. The first kappa shape index (κ1) is 12.3. The summed E-state index contributed by atoms with van der Waals surface area (Å²) in [5, 5.41) is 21.6. The van der Waals surface area contributed by atoms with E-state index < -0.39 is 18.1 Å². The van der Waals surface area contributed by atoms with Crippen molar-refractivity contribution >= 4 is 17.5 Å². The van der Waals surface area contributed by atoms with Gasteiger partial charge in [0.15, 0.2) is 12.7 Å². The van der Waals surface area contributed by atoms with E-state index in [2.05, 4.69) is 5.32 Å². The van der Waals surface area contributed by atoms with Crippen molar-refractivity contribution in [1.82, 2.24) is 0 Å². The second-order valence-electron chi connectivity index (χ2n) is 3.88. The highest BCUT2D eigenvalue weighted by Crippen LogP contribution is 2.31. The standard InChI is InChI=1S/C11H12N2O5/c12-11(17)10(16)9(15)5-1-2-7-6(3-5)13-8(14)4-18-7/h1-3,9-10,15-16H,4H2,(H2,12,17)(H,13,14). The number of carbonyl (C=O) groups excluding carboxylic acids is 2. The lowest BCUT2D eigenvalue weighted by atomic mass is 10.0. The zero-order valence-electron chi connectivity index (χ0n) is 9.29. The number of benzene rings is 1. The van der Waals surface area contributed by atoms with Crippen LogP contribution in [0.2, 0.25) is 0 Å². The molecule has 7 heteroatoms. The van der Waals surface area contributed by atoms with Crippen molar-refractivity contribution in [1.29, 1.82) is 0 Å². The topological polar surface area (TPSA) is 122 Å². The lowest BCUT2D eigenvalue weighted by molar-refractivity contribution is -0.132. The van der Waals surface area contributed by atoms with Crippen LogP contribution in [0.25, 0.3) is 0 Å². The molecule has 2 atom stereocenters. The quantitative estimate of drug-likeness (QED) is 0.543. The molecule has 2 amide bonds. The minimum atomic E-state index is -1.71. The van der Waals surface area contributed by atoms with E-state index >= 15 is 0 Å². The molecule has 96 valence electrons. The van der Waals surface area contributed by atoms with Crippen LogP contribution in [-0.4, -0.2) is 34.7 Å². The van der Waals surface area contributed by atoms with E-state index in [1.807, 2.05) is 0 Å². The average molecular weight is 252 g/mol. The lowest BCUT2D eigenvalue weighted by Crippen LogP contribution is -2.34. The van der Waals surface area contributed by atoms with Crippen molar-refractivity contribution in [2.75, 3.05) is 11.9 Å². The maximum atomic E-state index is 11.1. The predicted octanol–water partition coefficient (Wildman–Crippen LogP) is -1.10. The van der Waals surface area contributed by atoms with Gasteiger partial charge in [-0.2, -0.15) is 0 Å². The van der Waals surface area contributed by atoms with E-state index in [1.165, 1.54) is 18.2 Å². The van der Waals surface area contributed by atoms with Crippen LogP contribution in [0.4, 0.5) is 5.69 Å². The Balaban J connectivity index is 2.28. The molecule has 7 nitrogen and oxygen atoms in total. The van der Waals surface area contributed by atoms with E-state index in [4.69, 9.17) is 10.5 Å². The molecule has 5 N–H and O–H groups in total. The first-order chi connectivity index (χ1) is 8.49. The molecule has 0 fully saturated rings. The number of primary amides is 1. The number of aliphatic hydroxyl groups is 2. The summed E-state index contributed by atoms with van der Waals surface area (Å²) in [5.41, 5.74) is 5.52. The molecular weight excluding hydrogens is 240 g/mol. The second-order valence-corrected chi connectivity index (χ2v) is 3.88. The molecule has 0 saturated carbocycles. The Labute approximate surface area is 102 Å². The number of rotatable bonds is 3. The number of aliphatic hydroxyl groups excluding tert-OH is 2. The SMILES string of the molecule is NC(=O)C(O)C(O)c1ccc2c(c1)NC(=O)CO2. The minimum Gasteiger partial charge on any atom is -0.482 e. The molecule has 1 aliphatic rings. The van der Waals surface area contributed by atoms with E-state index in [9.17, 15) is 19.8 Å². The maximum absolute atomic E-state index is 11.1. The fourth-order valence-electron chi connectivity index (χ4n) is 1.62. The largest absolute Gasteiger partial charge is 0.482 e. The molecule has 1 heterocycles. The number of fused-ring (bicyclic) bond motifs is 1. The summed E-state index contributed by atoms with van der Waals surface area (Å²) in [6, 6.07) is 4.43. The fourth-order valence-corrected chi connectivity index (χ4v) is 1.62. The van der Waals surface area contributed by atoms with Gasteiger partial charge in [0.05, 0.1) is 5.69 Å². The zero-order valence-corrected chi connectivity index (χ0v) is 9.29. The maximum Gasteiger partial charge on any atom is 0.262 e. The van der Waals surface area contributed by atoms with Crippen LogP contribution in [0, 0.1) is 0 Å². The molecule has 0 saturated heterocycles. The van der Waals surface area contributed by atoms with Gasteiger partial charge in [0.25, 0.3) is 5.91 Å². The Hall–Kier alpha value is -2.12. The average Bonchev–Trinajstić information content (AvgIpc) is 2.35. The van der Waals surface area contributed by atoms with E-state index in [-0.39, 0.29) is 18.1 Å². The molecule has 0 aromatic heterocycles. The van der Waals surface area contributed by atoms with Crippen LogP contribution in [0.3, 0.4) is 0 Å². The lowest BCUT2D eigenvalue weighted by Gasteiger charge is -2.21. The van der Waals surface area contributed by atoms with E-state index in [0.717, 1.165) is 0 Å². The highest BCUT2D eigenvalue weighted by Gasteiger charge is 2.25. The Morgan fingerprint density at radius 3 is 2.83 bits per heavy atom. The minimum absolute atomic E-state index is 0.0706. The van der Waals surface area contributed by atoms with Gasteiger partial charge in [-0.1, -0.05) is 6.07 Å². The highest BCUT2D eigenvalue weighted by molar-refractivity contribution is 5.95. The third kappa shape index (κ3) is 2.27. The smallest absolute Gasteiger partial charge is 0.262 e. The van der Waals surface area contributed by atoms with E-state index in [0.29, 0.717) is 11.4 Å². The van der Waals surface area contributed by atoms with Crippen LogP contribution in [0.1, 0.15) is 11.7 Å². The highest BCUT2D eigenvalue weighted by atomic mass is 16.5. The van der Waals surface area contributed by atoms with Gasteiger partial charge < -0.3 is 26.0 Å². The van der Waals surface area contributed by atoms with Gasteiger partial charge in [-0.05, 0) is 17.7 Å². The van der Waals surface area contributed by atoms with Crippen molar-refractivity contribution < 1.29 is 24.5 Å². The second kappa shape index (κ2) is 4.63. The van der Waals surface area contributed by atoms with E-state index in [1.54, 1.807) is 0 Å². The monoisotopic (exact) mass is 252 g/mol. The molecule has 1 aliphatic heterocycles. The van der Waals surface area contributed by atoms with Gasteiger partial charge in [0.2, 0.25) is 5.91 Å². The molecule has 0 bridgehead atoms. The Kier molecular flexibility index (Phi) is 3.17. The summed E-state index contributed by atoms with van der Waals surface area (Å²) in [6.07, 6.45) is -3.16. The molecule has 0 spiro atoms. The van der Waals surface area contributed by atoms with Crippen molar-refractivity contribution in [2.24, 2.45) is 5.73 Å². The summed E-state index contributed by atoms with van der Waals surface area (Å²) in [6.45, 7) is -0.0706. The number of hydrogen-bond acceptors (Lipinski definition) is 5. The Morgan fingerprint density at radius 1 is 1.44 bits per heavy atom. The van der Waals surface area contributed by atoms with Crippen molar-refractivity contribution in [3.63, 3.8) is 0 Å². The van der Waals surface area contributed by atoms with Crippen LogP contribution in [-0.2, 0) is 9.59 Å². The van der Waals surface area contributed by atoms with Gasteiger partial charge in [0, 0.05) is 0 Å². The first-order valence-electron chi connectivity index (χ1n) is 5.21. The number of nitrogens with one attached hydrogen (secondary N) is 1. The van der Waals surface area contributed by atoms with Crippen LogP contribution >= 0.6 is 0 Å². The fraction of sp³-hybridized carbons (Fsp3) is 0.273. The Bertz CT molecular complexity index is 502. The summed E-state index contributed by atoms with van der Waals surface area (Å²) in [4.78, 5) is 21.9. The number of anilines is 1.